The number of hydrogen-bond donors (Lipinski definition) is 1. The molecule has 1 aromatic rings. The highest BCUT2D eigenvalue weighted by Gasteiger charge is 2.18. The quantitative estimate of drug-likeness (QED) is 0.640. The molecule has 0 spiro atoms. The van der Waals surface area contributed by atoms with Crippen molar-refractivity contribution in [1.29, 1.82) is 0 Å². The van der Waals surface area contributed by atoms with Crippen LogP contribution >= 0.6 is 15.9 Å². The van der Waals surface area contributed by atoms with Crippen LogP contribution in [-0.2, 0) is 0 Å². The Hall–Kier alpha value is -1.47. The molecule has 0 fully saturated rings. The molecule has 1 N–H and O–H groups in total. The van der Waals surface area contributed by atoms with Gasteiger partial charge in [-0.25, -0.2) is 0 Å². The number of amides is 1. The summed E-state index contributed by atoms with van der Waals surface area (Å²) >= 11 is 3.10. The Balaban J connectivity index is 2.72. The summed E-state index contributed by atoms with van der Waals surface area (Å²) in [4.78, 5) is 24.2. The summed E-state index contributed by atoms with van der Waals surface area (Å²) in [6.07, 6.45) is 0. The third-order valence-corrected chi connectivity index (χ3v) is 3.57. The maximum atomic E-state index is 11.9. The van der Waals surface area contributed by atoms with E-state index >= 15 is 0 Å². The third-order valence-electron chi connectivity index (χ3n) is 2.74. The topological polar surface area (TPSA) is 75.5 Å². The summed E-state index contributed by atoms with van der Waals surface area (Å²) in [6, 6.07) is 4.40. The average molecular weight is 330 g/mol. The van der Waals surface area contributed by atoms with Gasteiger partial charge >= 0.3 is 0 Å². The maximum Gasteiger partial charge on any atom is 0.284 e. The summed E-state index contributed by atoms with van der Waals surface area (Å²) in [5, 5.41) is 13.5. The van der Waals surface area contributed by atoms with Crippen molar-refractivity contribution >= 4 is 27.5 Å². The Kier molecular flexibility index (Phi) is 5.91. The Morgan fingerprint density at radius 3 is 2.79 bits per heavy atom. The molecule has 0 saturated heterocycles. The summed E-state index contributed by atoms with van der Waals surface area (Å²) in [6.45, 7) is 4.16. The summed E-state index contributed by atoms with van der Waals surface area (Å²) in [7, 11) is 1.95. The molecule has 0 heterocycles. The Morgan fingerprint density at radius 1 is 1.53 bits per heavy atom. The largest absolute Gasteiger partial charge is 0.351 e. The predicted octanol–water partition coefficient (Wildman–Crippen LogP) is 2.04. The van der Waals surface area contributed by atoms with Gasteiger partial charge in [-0.1, -0.05) is 13.0 Å². The van der Waals surface area contributed by atoms with E-state index in [1.807, 2.05) is 14.0 Å². The van der Waals surface area contributed by atoms with E-state index in [0.29, 0.717) is 6.54 Å². The molecule has 6 nitrogen and oxygen atoms in total. The molecule has 7 heteroatoms. The molecule has 0 aliphatic carbocycles. The molecule has 1 amide bonds. The first-order valence-electron chi connectivity index (χ1n) is 5.87. The number of nitro groups is 1. The van der Waals surface area contributed by atoms with Gasteiger partial charge in [0.05, 0.1) is 10.5 Å². The number of nitrogens with one attached hydrogen (secondary N) is 1. The first-order valence-corrected chi connectivity index (χ1v) is 6.66. The van der Waals surface area contributed by atoms with Gasteiger partial charge in [0, 0.05) is 19.2 Å². The van der Waals surface area contributed by atoms with Crippen LogP contribution < -0.4 is 5.32 Å². The Bertz CT molecular complexity index is 479. The number of nitro benzene ring substituents is 1. The van der Waals surface area contributed by atoms with E-state index in [4.69, 9.17) is 0 Å². The van der Waals surface area contributed by atoms with E-state index < -0.39 is 4.92 Å². The van der Waals surface area contributed by atoms with Crippen LogP contribution in [0, 0.1) is 10.1 Å². The lowest BCUT2D eigenvalue weighted by atomic mass is 10.2. The van der Waals surface area contributed by atoms with Gasteiger partial charge in [-0.3, -0.25) is 14.9 Å². The van der Waals surface area contributed by atoms with Crippen LogP contribution in [0.3, 0.4) is 0 Å². The Morgan fingerprint density at radius 2 is 2.21 bits per heavy atom. The van der Waals surface area contributed by atoms with Gasteiger partial charge in [0.15, 0.2) is 0 Å². The monoisotopic (exact) mass is 329 g/mol. The van der Waals surface area contributed by atoms with Crippen molar-refractivity contribution in [2.24, 2.45) is 0 Å². The van der Waals surface area contributed by atoms with Crippen molar-refractivity contribution in [1.82, 2.24) is 10.2 Å². The van der Waals surface area contributed by atoms with Crippen LogP contribution in [0.1, 0.15) is 17.3 Å². The van der Waals surface area contributed by atoms with Crippen LogP contribution in [0.15, 0.2) is 22.7 Å². The third kappa shape index (κ3) is 4.29. The second kappa shape index (κ2) is 7.20. The summed E-state index contributed by atoms with van der Waals surface area (Å²) < 4.78 is 0.210. The number of rotatable bonds is 6. The minimum atomic E-state index is -0.522. The van der Waals surface area contributed by atoms with Crippen molar-refractivity contribution in [2.45, 2.75) is 6.92 Å². The maximum absolute atomic E-state index is 11.9. The summed E-state index contributed by atoms with van der Waals surface area (Å²) in [5.74, 6) is -0.319. The summed E-state index contributed by atoms with van der Waals surface area (Å²) in [5.41, 5.74) is 0.159. The molecular weight excluding hydrogens is 314 g/mol. The van der Waals surface area contributed by atoms with E-state index in [2.05, 4.69) is 26.1 Å². The molecule has 1 aromatic carbocycles. The molecular formula is C12H16BrN3O3. The fourth-order valence-electron chi connectivity index (χ4n) is 1.45. The van der Waals surface area contributed by atoms with Gasteiger partial charge in [-0.15, -0.1) is 0 Å². The van der Waals surface area contributed by atoms with E-state index in [0.717, 1.165) is 13.1 Å². The van der Waals surface area contributed by atoms with Gasteiger partial charge in [-0.05, 0) is 35.6 Å². The van der Waals surface area contributed by atoms with Gasteiger partial charge in [0.1, 0.15) is 4.47 Å². The van der Waals surface area contributed by atoms with Crippen molar-refractivity contribution in [2.75, 3.05) is 26.7 Å². The number of likely N-dealkylation sites (N-methyl/N-ethyl adjacent to an activating group) is 1. The fraction of sp³-hybridized carbons (Fsp3) is 0.417. The van der Waals surface area contributed by atoms with Crippen molar-refractivity contribution in [3.8, 4) is 0 Å². The molecule has 0 radical (unpaired) electrons. The van der Waals surface area contributed by atoms with Crippen LogP contribution in [0.2, 0.25) is 0 Å². The first kappa shape index (κ1) is 15.6. The van der Waals surface area contributed by atoms with E-state index in [-0.39, 0.29) is 21.6 Å². The fourth-order valence-corrected chi connectivity index (χ4v) is 2.04. The molecule has 0 saturated carbocycles. The number of carbonyl (C=O) groups excluding carboxylic acids is 1. The second-order valence-corrected chi connectivity index (χ2v) is 4.84. The lowest BCUT2D eigenvalue weighted by molar-refractivity contribution is -0.385. The number of nitrogens with zero attached hydrogens (tertiary/aromatic N) is 2. The molecule has 19 heavy (non-hydrogen) atoms. The van der Waals surface area contributed by atoms with Gasteiger partial charge in [0.2, 0.25) is 0 Å². The Labute approximate surface area is 120 Å². The molecule has 0 aliphatic heterocycles. The van der Waals surface area contributed by atoms with Crippen LogP contribution in [-0.4, -0.2) is 42.4 Å². The highest BCUT2D eigenvalue weighted by atomic mass is 79.9. The van der Waals surface area contributed by atoms with Crippen LogP contribution in [0.5, 0.6) is 0 Å². The zero-order valence-corrected chi connectivity index (χ0v) is 12.4. The SMILES string of the molecule is CCN(C)CCNC(=O)c1cccc([N+](=O)[O-])c1Br. The van der Waals surface area contributed by atoms with Crippen molar-refractivity contribution in [3.05, 3.63) is 38.3 Å². The van der Waals surface area contributed by atoms with Gasteiger partial charge < -0.3 is 10.2 Å². The highest BCUT2D eigenvalue weighted by molar-refractivity contribution is 9.10. The number of halogens is 1. The molecule has 0 unspecified atom stereocenters. The van der Waals surface area contributed by atoms with Crippen LogP contribution in [0.25, 0.3) is 0 Å². The van der Waals surface area contributed by atoms with Gasteiger partial charge in [-0.2, -0.15) is 0 Å². The molecule has 0 aromatic heterocycles. The van der Waals surface area contributed by atoms with Gasteiger partial charge in [0.25, 0.3) is 11.6 Å². The molecule has 0 atom stereocenters. The molecule has 0 bridgehead atoms. The standard InChI is InChI=1S/C12H16BrN3O3/c1-3-15(2)8-7-14-12(17)9-5-4-6-10(11(9)13)16(18)19/h4-6H,3,7-8H2,1-2H3,(H,14,17). The smallest absolute Gasteiger partial charge is 0.284 e. The van der Waals surface area contributed by atoms with E-state index in [1.54, 1.807) is 6.07 Å². The lowest BCUT2D eigenvalue weighted by Crippen LogP contribution is -2.33. The average Bonchev–Trinajstić information content (AvgIpc) is 2.38. The number of benzene rings is 1. The van der Waals surface area contributed by atoms with E-state index in [9.17, 15) is 14.9 Å². The molecule has 0 aliphatic rings. The second-order valence-electron chi connectivity index (χ2n) is 4.05. The van der Waals surface area contributed by atoms with Crippen molar-refractivity contribution in [3.63, 3.8) is 0 Å². The minimum Gasteiger partial charge on any atom is -0.351 e. The molecule has 1 rings (SSSR count). The number of hydrogen-bond acceptors (Lipinski definition) is 4. The normalized spacial score (nSPS) is 10.5. The molecule has 104 valence electrons. The zero-order chi connectivity index (χ0) is 14.4. The van der Waals surface area contributed by atoms with Crippen LogP contribution in [0.4, 0.5) is 5.69 Å². The highest BCUT2D eigenvalue weighted by Crippen LogP contribution is 2.28. The van der Waals surface area contributed by atoms with E-state index in [1.165, 1.54) is 12.1 Å². The lowest BCUT2D eigenvalue weighted by Gasteiger charge is -2.14. The zero-order valence-electron chi connectivity index (χ0n) is 10.9. The first-order chi connectivity index (χ1) is 8.97. The number of carbonyl (C=O) groups is 1. The van der Waals surface area contributed by atoms with Crippen molar-refractivity contribution < 1.29 is 9.72 Å². The predicted molar refractivity (Wildman–Crippen MR) is 76.3 cm³/mol. The minimum absolute atomic E-state index is 0.113.